The first-order valence-electron chi connectivity index (χ1n) is 7.20. The van der Waals surface area contributed by atoms with Gasteiger partial charge in [0.05, 0.1) is 25.4 Å². The third kappa shape index (κ3) is 3.30. The molecule has 6 nitrogen and oxygen atoms in total. The van der Waals surface area contributed by atoms with Crippen molar-refractivity contribution in [3.05, 3.63) is 0 Å². The van der Waals surface area contributed by atoms with Crippen LogP contribution in [0.1, 0.15) is 26.2 Å². The van der Waals surface area contributed by atoms with E-state index >= 15 is 0 Å². The number of amides is 1. The Kier molecular flexibility index (Phi) is 4.99. The molecule has 6 heteroatoms. The van der Waals surface area contributed by atoms with Gasteiger partial charge in [-0.25, -0.2) is 0 Å². The molecule has 2 fully saturated rings. The Morgan fingerprint density at radius 3 is 2.65 bits per heavy atom. The highest BCUT2D eigenvalue weighted by Gasteiger charge is 2.39. The van der Waals surface area contributed by atoms with Gasteiger partial charge in [0.1, 0.15) is 5.92 Å². The lowest BCUT2D eigenvalue weighted by molar-refractivity contribution is -0.145. The fourth-order valence-electron chi connectivity index (χ4n) is 2.95. The standard InChI is InChI=1S/C14H23NO5/c1-3-20-10-4-9(5-10)6-13(16)15(2)12-8-19-7-11(12)14(17)18/h9-12H,3-8H2,1-2H3,(H,17,18). The molecule has 0 bridgehead atoms. The van der Waals surface area contributed by atoms with Gasteiger partial charge in [-0.05, 0) is 25.7 Å². The predicted molar refractivity (Wildman–Crippen MR) is 71.3 cm³/mol. The molecular formula is C14H23NO5. The first-order chi connectivity index (χ1) is 9.52. The molecule has 2 aliphatic rings. The van der Waals surface area contributed by atoms with Gasteiger partial charge in [-0.3, -0.25) is 9.59 Å². The Hall–Kier alpha value is -1.14. The molecule has 2 atom stereocenters. The Labute approximate surface area is 119 Å². The molecule has 1 saturated carbocycles. The zero-order valence-electron chi connectivity index (χ0n) is 12.1. The number of hydrogen-bond acceptors (Lipinski definition) is 4. The van der Waals surface area contributed by atoms with Crippen LogP contribution in [-0.4, -0.2) is 60.9 Å². The number of carbonyl (C=O) groups is 2. The summed E-state index contributed by atoms with van der Waals surface area (Å²) in [5.41, 5.74) is 0. The van der Waals surface area contributed by atoms with Gasteiger partial charge in [-0.15, -0.1) is 0 Å². The molecule has 0 spiro atoms. The molecule has 1 saturated heterocycles. The van der Waals surface area contributed by atoms with E-state index in [4.69, 9.17) is 14.6 Å². The molecule has 2 rings (SSSR count). The van der Waals surface area contributed by atoms with Gasteiger partial charge >= 0.3 is 5.97 Å². The van der Waals surface area contributed by atoms with Crippen LogP contribution in [0.25, 0.3) is 0 Å². The summed E-state index contributed by atoms with van der Waals surface area (Å²) in [5.74, 6) is -1.13. The average molecular weight is 285 g/mol. The molecule has 20 heavy (non-hydrogen) atoms. The fraction of sp³-hybridized carbons (Fsp3) is 0.857. The van der Waals surface area contributed by atoms with Crippen molar-refractivity contribution in [2.24, 2.45) is 11.8 Å². The molecule has 1 aliphatic heterocycles. The normalized spacial score (nSPS) is 32.7. The van der Waals surface area contributed by atoms with Crippen LogP contribution in [0.4, 0.5) is 0 Å². The Balaban J connectivity index is 1.79. The van der Waals surface area contributed by atoms with Crippen molar-refractivity contribution < 1.29 is 24.2 Å². The van der Waals surface area contributed by atoms with E-state index < -0.39 is 11.9 Å². The molecule has 0 aromatic carbocycles. The van der Waals surface area contributed by atoms with E-state index in [2.05, 4.69) is 0 Å². The molecule has 1 N–H and O–H groups in total. The fourth-order valence-corrected chi connectivity index (χ4v) is 2.95. The summed E-state index contributed by atoms with van der Waals surface area (Å²) in [5, 5.41) is 9.11. The highest BCUT2D eigenvalue weighted by Crippen LogP contribution is 2.33. The largest absolute Gasteiger partial charge is 0.481 e. The first kappa shape index (κ1) is 15.3. The molecule has 2 unspecified atom stereocenters. The Morgan fingerprint density at radius 2 is 2.05 bits per heavy atom. The molecule has 0 radical (unpaired) electrons. The van der Waals surface area contributed by atoms with Crippen LogP contribution in [0.3, 0.4) is 0 Å². The van der Waals surface area contributed by atoms with Crippen LogP contribution in [-0.2, 0) is 19.1 Å². The molecule has 1 aliphatic carbocycles. The smallest absolute Gasteiger partial charge is 0.311 e. The second-order valence-electron chi connectivity index (χ2n) is 5.67. The monoisotopic (exact) mass is 285 g/mol. The minimum atomic E-state index is -0.896. The summed E-state index contributed by atoms with van der Waals surface area (Å²) < 4.78 is 10.7. The minimum Gasteiger partial charge on any atom is -0.481 e. The molecular weight excluding hydrogens is 262 g/mol. The van der Waals surface area contributed by atoms with Crippen molar-refractivity contribution in [1.82, 2.24) is 4.90 Å². The highest BCUT2D eigenvalue weighted by atomic mass is 16.5. The SMILES string of the molecule is CCOC1CC(CC(=O)N(C)C2COCC2C(=O)O)C1. The highest BCUT2D eigenvalue weighted by molar-refractivity contribution is 5.78. The van der Waals surface area contributed by atoms with Crippen molar-refractivity contribution >= 4 is 11.9 Å². The van der Waals surface area contributed by atoms with E-state index in [1.54, 1.807) is 11.9 Å². The van der Waals surface area contributed by atoms with Gasteiger partial charge in [0.25, 0.3) is 0 Å². The maximum absolute atomic E-state index is 12.2. The summed E-state index contributed by atoms with van der Waals surface area (Å²) in [7, 11) is 1.68. The van der Waals surface area contributed by atoms with E-state index in [9.17, 15) is 9.59 Å². The predicted octanol–water partition coefficient (Wildman–Crippen LogP) is 0.750. The molecule has 1 amide bonds. The maximum Gasteiger partial charge on any atom is 0.311 e. The van der Waals surface area contributed by atoms with E-state index in [1.165, 1.54) is 0 Å². The van der Waals surface area contributed by atoms with Crippen LogP contribution < -0.4 is 0 Å². The van der Waals surface area contributed by atoms with E-state index in [1.807, 2.05) is 6.92 Å². The number of carboxylic acid groups (broad SMARTS) is 1. The summed E-state index contributed by atoms with van der Waals surface area (Å²) >= 11 is 0. The van der Waals surface area contributed by atoms with Crippen LogP contribution in [0, 0.1) is 11.8 Å². The van der Waals surface area contributed by atoms with E-state index in [0.29, 0.717) is 31.7 Å². The lowest BCUT2D eigenvalue weighted by Gasteiger charge is -2.36. The third-order valence-corrected chi connectivity index (χ3v) is 4.32. The second kappa shape index (κ2) is 6.54. The molecule has 114 valence electrons. The summed E-state index contributed by atoms with van der Waals surface area (Å²) in [6.07, 6.45) is 2.63. The van der Waals surface area contributed by atoms with Crippen molar-refractivity contribution in [2.45, 2.75) is 38.3 Å². The number of nitrogens with zero attached hydrogens (tertiary/aromatic N) is 1. The maximum atomic E-state index is 12.2. The van der Waals surface area contributed by atoms with Gasteiger partial charge in [-0.1, -0.05) is 0 Å². The number of aliphatic carboxylic acids is 1. The summed E-state index contributed by atoms with van der Waals surface area (Å²) in [6, 6.07) is -0.345. The molecule has 1 heterocycles. The van der Waals surface area contributed by atoms with E-state index in [0.717, 1.165) is 12.8 Å². The van der Waals surface area contributed by atoms with Crippen LogP contribution >= 0.6 is 0 Å². The summed E-state index contributed by atoms with van der Waals surface area (Å²) in [6.45, 7) is 3.18. The quantitative estimate of drug-likeness (QED) is 0.779. The second-order valence-corrected chi connectivity index (χ2v) is 5.67. The van der Waals surface area contributed by atoms with Crippen molar-refractivity contribution in [2.75, 3.05) is 26.9 Å². The van der Waals surface area contributed by atoms with Crippen molar-refractivity contribution in [3.8, 4) is 0 Å². The number of likely N-dealkylation sites (N-methyl/N-ethyl adjacent to an activating group) is 1. The summed E-state index contributed by atoms with van der Waals surface area (Å²) in [4.78, 5) is 24.9. The zero-order valence-corrected chi connectivity index (χ0v) is 12.1. The van der Waals surface area contributed by atoms with Gasteiger partial charge < -0.3 is 19.5 Å². The topological polar surface area (TPSA) is 76.1 Å². The minimum absolute atomic E-state index is 0.00620. The first-order valence-corrected chi connectivity index (χ1v) is 7.20. The van der Waals surface area contributed by atoms with Crippen LogP contribution in [0.5, 0.6) is 0 Å². The number of hydrogen-bond donors (Lipinski definition) is 1. The lowest BCUT2D eigenvalue weighted by Crippen LogP contribution is -2.45. The van der Waals surface area contributed by atoms with E-state index in [-0.39, 0.29) is 18.6 Å². The number of rotatable bonds is 6. The van der Waals surface area contributed by atoms with Crippen molar-refractivity contribution in [1.29, 1.82) is 0 Å². The van der Waals surface area contributed by atoms with Crippen LogP contribution in [0.15, 0.2) is 0 Å². The van der Waals surface area contributed by atoms with Gasteiger partial charge in [0.15, 0.2) is 0 Å². The zero-order chi connectivity index (χ0) is 14.7. The lowest BCUT2D eigenvalue weighted by atomic mass is 9.79. The number of ether oxygens (including phenoxy) is 2. The molecule has 0 aromatic rings. The van der Waals surface area contributed by atoms with Gasteiger partial charge in [0.2, 0.25) is 5.91 Å². The third-order valence-electron chi connectivity index (χ3n) is 4.32. The van der Waals surface area contributed by atoms with Crippen molar-refractivity contribution in [3.63, 3.8) is 0 Å². The number of carbonyl (C=O) groups excluding carboxylic acids is 1. The van der Waals surface area contributed by atoms with Gasteiger partial charge in [0, 0.05) is 20.1 Å². The van der Waals surface area contributed by atoms with Gasteiger partial charge in [-0.2, -0.15) is 0 Å². The number of carboxylic acids is 1. The van der Waals surface area contributed by atoms with Crippen LogP contribution in [0.2, 0.25) is 0 Å². The Morgan fingerprint density at radius 1 is 1.35 bits per heavy atom. The molecule has 0 aromatic heterocycles. The Bertz CT molecular complexity index is 367. The average Bonchev–Trinajstić information content (AvgIpc) is 2.84.